The summed E-state index contributed by atoms with van der Waals surface area (Å²) in [5.41, 5.74) is -1.86. The first-order valence-electron chi connectivity index (χ1n) is 13.0. The summed E-state index contributed by atoms with van der Waals surface area (Å²) < 4.78 is 67.1. The highest BCUT2D eigenvalue weighted by Crippen LogP contribution is 2.42. The third-order valence-corrected chi connectivity index (χ3v) is 8.07. The fourth-order valence-corrected chi connectivity index (χ4v) is 5.81. The number of halogens is 4. The number of ether oxygens (including phenoxy) is 2. The highest BCUT2D eigenvalue weighted by Gasteiger charge is 2.31. The lowest BCUT2D eigenvalue weighted by atomic mass is 9.69. The second-order valence-corrected chi connectivity index (χ2v) is 10.3. The van der Waals surface area contributed by atoms with Crippen molar-refractivity contribution >= 4 is 5.97 Å². The fraction of sp³-hybridized carbons (Fsp3) is 0.517. The van der Waals surface area contributed by atoms with Gasteiger partial charge in [-0.3, -0.25) is 0 Å². The first-order valence-corrected chi connectivity index (χ1v) is 13.0. The van der Waals surface area contributed by atoms with E-state index in [-0.39, 0.29) is 5.75 Å². The van der Waals surface area contributed by atoms with E-state index < -0.39 is 46.1 Å². The predicted molar refractivity (Wildman–Crippen MR) is 129 cm³/mol. The summed E-state index contributed by atoms with van der Waals surface area (Å²) in [6, 6.07) is 4.32. The fourth-order valence-electron chi connectivity index (χ4n) is 5.81. The molecule has 2 fully saturated rings. The topological polar surface area (TPSA) is 59.3 Å². The minimum atomic E-state index is -1.46. The maximum absolute atomic E-state index is 14.6. The monoisotopic (exact) mass is 517 g/mol. The molecule has 4 rings (SSSR count). The van der Waals surface area contributed by atoms with Crippen LogP contribution in [0.2, 0.25) is 0 Å². The van der Waals surface area contributed by atoms with Gasteiger partial charge in [0, 0.05) is 24.3 Å². The second kappa shape index (κ2) is 12.0. The zero-order valence-corrected chi connectivity index (χ0v) is 20.9. The van der Waals surface area contributed by atoms with E-state index in [0.717, 1.165) is 55.6 Å². The molecule has 0 bridgehead atoms. The summed E-state index contributed by atoms with van der Waals surface area (Å²) in [7, 11) is 0. The second-order valence-electron chi connectivity index (χ2n) is 10.3. The molecule has 0 amide bonds. The van der Waals surface area contributed by atoms with Crippen LogP contribution in [0.1, 0.15) is 80.6 Å². The van der Waals surface area contributed by atoms with E-state index in [1.165, 1.54) is 38.2 Å². The molecule has 2 aromatic carbocycles. The predicted octanol–water partition coefficient (Wildman–Crippen LogP) is 7.74. The lowest BCUT2D eigenvalue weighted by Gasteiger charge is -2.37. The molecule has 198 valence electrons. The SMILES string of the molecule is CCC1CCC(C2CCC(COc3cc(F)c(C(=O)Oc4cc(F)c(C#N)c(F)c4)c(F)c3)CC2)CC1. The van der Waals surface area contributed by atoms with Crippen LogP contribution in [0.25, 0.3) is 0 Å². The molecular formula is C29H31F4NO3. The molecule has 0 aliphatic heterocycles. The molecule has 0 aromatic heterocycles. The Kier molecular flexibility index (Phi) is 8.73. The van der Waals surface area contributed by atoms with Crippen LogP contribution in [0, 0.1) is 58.3 Å². The van der Waals surface area contributed by atoms with Crippen LogP contribution in [0.3, 0.4) is 0 Å². The Morgan fingerprint density at radius 2 is 1.30 bits per heavy atom. The van der Waals surface area contributed by atoms with Gasteiger partial charge in [0.2, 0.25) is 0 Å². The Bertz CT molecular complexity index is 1120. The third-order valence-electron chi connectivity index (χ3n) is 8.07. The number of carbonyl (C=O) groups is 1. The molecule has 0 radical (unpaired) electrons. The van der Waals surface area contributed by atoms with Gasteiger partial charge in [-0.15, -0.1) is 0 Å². The molecule has 0 heterocycles. The van der Waals surface area contributed by atoms with E-state index in [1.54, 1.807) is 0 Å². The van der Waals surface area contributed by atoms with Crippen molar-refractivity contribution in [3.05, 3.63) is 58.7 Å². The molecule has 0 spiro atoms. The van der Waals surface area contributed by atoms with Crippen molar-refractivity contribution in [1.82, 2.24) is 0 Å². The zero-order chi connectivity index (χ0) is 26.5. The van der Waals surface area contributed by atoms with Gasteiger partial charge in [-0.2, -0.15) is 5.26 Å². The zero-order valence-electron chi connectivity index (χ0n) is 20.9. The maximum atomic E-state index is 14.6. The van der Waals surface area contributed by atoms with Crippen LogP contribution in [0.4, 0.5) is 17.6 Å². The van der Waals surface area contributed by atoms with Crippen molar-refractivity contribution in [3.8, 4) is 17.6 Å². The molecule has 2 aliphatic rings. The molecule has 37 heavy (non-hydrogen) atoms. The van der Waals surface area contributed by atoms with Gasteiger partial charge >= 0.3 is 5.97 Å². The first kappa shape index (κ1) is 27.0. The molecule has 2 aromatic rings. The maximum Gasteiger partial charge on any atom is 0.349 e. The molecule has 0 saturated heterocycles. The summed E-state index contributed by atoms with van der Waals surface area (Å²) in [5.74, 6) is -4.28. The van der Waals surface area contributed by atoms with E-state index in [0.29, 0.717) is 24.7 Å². The van der Waals surface area contributed by atoms with Crippen LogP contribution < -0.4 is 9.47 Å². The van der Waals surface area contributed by atoms with Crippen molar-refractivity contribution in [2.45, 2.75) is 64.7 Å². The van der Waals surface area contributed by atoms with Crippen molar-refractivity contribution in [2.75, 3.05) is 6.61 Å². The van der Waals surface area contributed by atoms with Gasteiger partial charge in [-0.1, -0.05) is 26.2 Å². The summed E-state index contributed by atoms with van der Waals surface area (Å²) >= 11 is 0. The van der Waals surface area contributed by atoms with E-state index >= 15 is 0 Å². The molecular weight excluding hydrogens is 486 g/mol. The van der Waals surface area contributed by atoms with E-state index in [4.69, 9.17) is 14.7 Å². The van der Waals surface area contributed by atoms with Gasteiger partial charge in [-0.05, 0) is 62.2 Å². The number of nitriles is 1. The van der Waals surface area contributed by atoms with Crippen molar-refractivity contribution < 1.29 is 31.8 Å². The number of hydrogen-bond acceptors (Lipinski definition) is 4. The normalized spacial score (nSPS) is 23.8. The number of carbonyl (C=O) groups excluding carboxylic acids is 1. The Balaban J connectivity index is 1.30. The Morgan fingerprint density at radius 3 is 1.78 bits per heavy atom. The molecule has 8 heteroatoms. The Hall–Kier alpha value is -3.08. The number of hydrogen-bond donors (Lipinski definition) is 0. The van der Waals surface area contributed by atoms with Crippen LogP contribution in [-0.4, -0.2) is 12.6 Å². The summed E-state index contributed by atoms with van der Waals surface area (Å²) in [6.45, 7) is 2.61. The number of rotatable bonds is 7. The van der Waals surface area contributed by atoms with E-state index in [9.17, 15) is 22.4 Å². The minimum absolute atomic E-state index is 0.0398. The smallest absolute Gasteiger partial charge is 0.349 e. The van der Waals surface area contributed by atoms with Crippen molar-refractivity contribution in [2.24, 2.45) is 23.7 Å². The highest BCUT2D eigenvalue weighted by molar-refractivity contribution is 5.91. The minimum Gasteiger partial charge on any atom is -0.493 e. The molecule has 4 nitrogen and oxygen atoms in total. The van der Waals surface area contributed by atoms with Crippen LogP contribution in [0.5, 0.6) is 11.5 Å². The summed E-state index contributed by atoms with van der Waals surface area (Å²) in [5, 5.41) is 8.71. The average Bonchev–Trinajstić information content (AvgIpc) is 2.87. The van der Waals surface area contributed by atoms with Crippen LogP contribution >= 0.6 is 0 Å². The van der Waals surface area contributed by atoms with Crippen LogP contribution in [0.15, 0.2) is 24.3 Å². The molecule has 2 aliphatic carbocycles. The van der Waals surface area contributed by atoms with Gasteiger partial charge in [0.15, 0.2) is 0 Å². The first-order chi connectivity index (χ1) is 17.8. The lowest BCUT2D eigenvalue weighted by molar-refractivity contribution is 0.0723. The van der Waals surface area contributed by atoms with Crippen molar-refractivity contribution in [1.29, 1.82) is 5.26 Å². The third kappa shape index (κ3) is 6.44. The summed E-state index contributed by atoms with van der Waals surface area (Å²) in [4.78, 5) is 12.3. The molecule has 0 atom stereocenters. The van der Waals surface area contributed by atoms with E-state index in [2.05, 4.69) is 6.92 Å². The lowest BCUT2D eigenvalue weighted by Crippen LogP contribution is -2.27. The quantitative estimate of drug-likeness (QED) is 0.214. The number of benzene rings is 2. The molecule has 0 unspecified atom stereocenters. The molecule has 0 N–H and O–H groups in total. The van der Waals surface area contributed by atoms with E-state index in [1.807, 2.05) is 0 Å². The van der Waals surface area contributed by atoms with Crippen molar-refractivity contribution in [3.63, 3.8) is 0 Å². The van der Waals surface area contributed by atoms with Gasteiger partial charge < -0.3 is 9.47 Å². The largest absolute Gasteiger partial charge is 0.493 e. The average molecular weight is 518 g/mol. The number of nitrogens with zero attached hydrogens (tertiary/aromatic N) is 1. The highest BCUT2D eigenvalue weighted by atomic mass is 19.1. The number of esters is 1. The Morgan fingerprint density at radius 1 is 0.811 bits per heavy atom. The Labute approximate surface area is 214 Å². The summed E-state index contributed by atoms with van der Waals surface area (Å²) in [6.07, 6.45) is 10.9. The van der Waals surface area contributed by atoms with Gasteiger partial charge in [0.1, 0.15) is 52.0 Å². The molecule has 2 saturated carbocycles. The standard InChI is InChI=1S/C29H31F4NO3/c1-2-17-3-7-19(8-4-17)20-9-5-18(6-10-20)16-36-21-11-26(32)28(27(33)12-21)29(35)37-22-13-24(30)23(15-34)25(31)14-22/h11-14,17-20H,2-10,16H2,1H3. The van der Waals surface area contributed by atoms with Gasteiger partial charge in [-0.25, -0.2) is 22.4 Å². The van der Waals surface area contributed by atoms with Crippen LogP contribution in [-0.2, 0) is 0 Å². The van der Waals surface area contributed by atoms with Gasteiger partial charge in [0.25, 0.3) is 0 Å². The van der Waals surface area contributed by atoms with Gasteiger partial charge in [0.05, 0.1) is 6.61 Å².